The van der Waals surface area contributed by atoms with E-state index in [0.29, 0.717) is 30.8 Å². The van der Waals surface area contributed by atoms with Gasteiger partial charge in [-0.25, -0.2) is 0 Å². The second-order valence-electron chi connectivity index (χ2n) is 8.26. The summed E-state index contributed by atoms with van der Waals surface area (Å²) in [5, 5.41) is 3.68. The molecule has 0 aliphatic heterocycles. The Morgan fingerprint density at radius 2 is 1.66 bits per heavy atom. The quantitative estimate of drug-likeness (QED) is 0.661. The van der Waals surface area contributed by atoms with E-state index in [4.69, 9.17) is 11.6 Å². The number of benzene rings is 2. The smallest absolute Gasteiger partial charge is 0.243 e. The van der Waals surface area contributed by atoms with E-state index in [-0.39, 0.29) is 17.4 Å². The normalized spacial score (nSPS) is 12.3. The fourth-order valence-electron chi connectivity index (χ4n) is 3.24. The van der Waals surface area contributed by atoms with Crippen molar-refractivity contribution in [3.8, 4) is 0 Å². The summed E-state index contributed by atoms with van der Waals surface area (Å²) in [7, 11) is 0. The van der Waals surface area contributed by atoms with Crippen molar-refractivity contribution in [1.82, 2.24) is 10.2 Å². The Balaban J connectivity index is 2.21. The second kappa shape index (κ2) is 10.4. The maximum Gasteiger partial charge on any atom is 0.243 e. The van der Waals surface area contributed by atoms with Crippen LogP contribution in [0.3, 0.4) is 0 Å². The lowest BCUT2D eigenvalue weighted by Gasteiger charge is -2.33. The molecule has 0 bridgehead atoms. The Bertz CT molecular complexity index is 815. The maximum absolute atomic E-state index is 13.2. The van der Waals surface area contributed by atoms with E-state index in [2.05, 4.69) is 5.32 Å². The zero-order valence-electron chi connectivity index (χ0n) is 17.7. The second-order valence-corrected chi connectivity index (χ2v) is 8.67. The van der Waals surface area contributed by atoms with E-state index in [0.717, 1.165) is 11.1 Å². The Kier molecular flexibility index (Phi) is 8.27. The highest BCUT2D eigenvalue weighted by Crippen LogP contribution is 2.19. The molecule has 0 fully saturated rings. The van der Waals surface area contributed by atoms with E-state index >= 15 is 0 Å². The Labute approximate surface area is 179 Å². The Hall–Kier alpha value is -2.33. The van der Waals surface area contributed by atoms with Crippen LogP contribution < -0.4 is 5.32 Å². The topological polar surface area (TPSA) is 49.4 Å². The van der Waals surface area contributed by atoms with Crippen LogP contribution in [0.2, 0.25) is 5.02 Å². The zero-order chi connectivity index (χ0) is 21.4. The predicted molar refractivity (Wildman–Crippen MR) is 119 cm³/mol. The first-order chi connectivity index (χ1) is 13.7. The number of carbonyl (C=O) groups is 2. The third-order valence-corrected chi connectivity index (χ3v) is 5.01. The van der Waals surface area contributed by atoms with Gasteiger partial charge < -0.3 is 10.2 Å². The lowest BCUT2D eigenvalue weighted by molar-refractivity contribution is -0.142. The molecule has 5 heteroatoms. The molecule has 0 spiro atoms. The molecule has 0 aromatic heterocycles. The molecule has 0 radical (unpaired) electrons. The first-order valence-electron chi connectivity index (χ1n) is 10.1. The molecule has 0 saturated heterocycles. The zero-order valence-corrected chi connectivity index (χ0v) is 18.5. The average Bonchev–Trinajstić information content (AvgIpc) is 2.66. The van der Waals surface area contributed by atoms with Gasteiger partial charge in [-0.2, -0.15) is 0 Å². The van der Waals surface area contributed by atoms with Crippen LogP contribution in [0, 0.1) is 0 Å². The molecule has 1 unspecified atom stereocenters. The first-order valence-corrected chi connectivity index (χ1v) is 10.5. The van der Waals surface area contributed by atoms with Crippen molar-refractivity contribution in [3.05, 3.63) is 70.7 Å². The third-order valence-electron chi connectivity index (χ3n) is 4.65. The highest BCUT2D eigenvalue weighted by molar-refractivity contribution is 6.31. The largest absolute Gasteiger partial charge is 0.350 e. The van der Waals surface area contributed by atoms with Gasteiger partial charge in [0.25, 0.3) is 0 Å². The predicted octanol–water partition coefficient (Wildman–Crippen LogP) is 4.99. The van der Waals surface area contributed by atoms with Gasteiger partial charge in [0.15, 0.2) is 0 Å². The summed E-state index contributed by atoms with van der Waals surface area (Å²) in [5.41, 5.74) is 1.58. The molecule has 0 aliphatic rings. The van der Waals surface area contributed by atoms with Gasteiger partial charge in [-0.1, -0.05) is 67.1 Å². The molecule has 156 valence electrons. The van der Waals surface area contributed by atoms with E-state index in [1.165, 1.54) is 0 Å². The average molecular weight is 415 g/mol. The molecule has 2 rings (SSSR count). The van der Waals surface area contributed by atoms with Crippen LogP contribution in [-0.2, 0) is 22.6 Å². The Morgan fingerprint density at radius 3 is 2.24 bits per heavy atom. The molecule has 0 aliphatic carbocycles. The molecule has 2 aromatic rings. The third kappa shape index (κ3) is 7.21. The molecular weight excluding hydrogens is 384 g/mol. The highest BCUT2D eigenvalue weighted by atomic mass is 35.5. The SMILES string of the molecule is CCC(C(=O)NC(C)(C)C)N(Cc1ccccc1)C(=O)CCc1ccccc1Cl. The van der Waals surface area contributed by atoms with Crippen LogP contribution in [-0.4, -0.2) is 28.3 Å². The van der Waals surface area contributed by atoms with Crippen molar-refractivity contribution < 1.29 is 9.59 Å². The number of rotatable bonds is 8. The fourth-order valence-corrected chi connectivity index (χ4v) is 3.47. The number of nitrogens with zero attached hydrogens (tertiary/aromatic N) is 1. The molecule has 1 atom stereocenters. The molecule has 2 amide bonds. The van der Waals surface area contributed by atoms with Crippen LogP contribution >= 0.6 is 11.6 Å². The van der Waals surface area contributed by atoms with Crippen molar-refractivity contribution in [3.63, 3.8) is 0 Å². The van der Waals surface area contributed by atoms with Gasteiger partial charge in [0, 0.05) is 23.5 Å². The van der Waals surface area contributed by atoms with E-state index in [1.54, 1.807) is 4.90 Å². The number of carbonyl (C=O) groups excluding carboxylic acids is 2. The van der Waals surface area contributed by atoms with Gasteiger partial charge in [-0.05, 0) is 50.8 Å². The Morgan fingerprint density at radius 1 is 1.03 bits per heavy atom. The number of halogens is 1. The van der Waals surface area contributed by atoms with Crippen molar-refractivity contribution in [1.29, 1.82) is 0 Å². The van der Waals surface area contributed by atoms with Crippen LogP contribution in [0.15, 0.2) is 54.6 Å². The van der Waals surface area contributed by atoms with E-state index in [1.807, 2.05) is 82.3 Å². The minimum absolute atomic E-state index is 0.0512. The van der Waals surface area contributed by atoms with E-state index < -0.39 is 6.04 Å². The number of aryl methyl sites for hydroxylation is 1. The summed E-state index contributed by atoms with van der Waals surface area (Å²) in [6, 6.07) is 16.8. The molecule has 2 aromatic carbocycles. The molecule has 29 heavy (non-hydrogen) atoms. The summed E-state index contributed by atoms with van der Waals surface area (Å²) >= 11 is 6.24. The molecule has 4 nitrogen and oxygen atoms in total. The van der Waals surface area contributed by atoms with Gasteiger partial charge in [-0.3, -0.25) is 9.59 Å². The summed E-state index contributed by atoms with van der Waals surface area (Å²) in [6.07, 6.45) is 1.39. The lowest BCUT2D eigenvalue weighted by atomic mass is 10.0. The molecular formula is C24H31ClN2O2. The summed E-state index contributed by atoms with van der Waals surface area (Å²) in [5.74, 6) is -0.174. The van der Waals surface area contributed by atoms with Crippen molar-refractivity contribution in [2.24, 2.45) is 0 Å². The van der Waals surface area contributed by atoms with Crippen LogP contribution in [0.5, 0.6) is 0 Å². The molecule has 0 saturated carbocycles. The fraction of sp³-hybridized carbons (Fsp3) is 0.417. The van der Waals surface area contributed by atoms with Crippen LogP contribution in [0.1, 0.15) is 51.7 Å². The lowest BCUT2D eigenvalue weighted by Crippen LogP contribution is -2.53. The highest BCUT2D eigenvalue weighted by Gasteiger charge is 2.30. The molecule has 0 heterocycles. The van der Waals surface area contributed by atoms with Gasteiger partial charge >= 0.3 is 0 Å². The summed E-state index contributed by atoms with van der Waals surface area (Å²) in [4.78, 5) is 27.8. The van der Waals surface area contributed by atoms with Gasteiger partial charge in [0.05, 0.1) is 0 Å². The summed E-state index contributed by atoms with van der Waals surface area (Å²) in [6.45, 7) is 8.17. The number of amides is 2. The minimum Gasteiger partial charge on any atom is -0.350 e. The van der Waals surface area contributed by atoms with Gasteiger partial charge in [0.2, 0.25) is 11.8 Å². The van der Waals surface area contributed by atoms with Crippen LogP contribution in [0.4, 0.5) is 0 Å². The number of hydrogen-bond donors (Lipinski definition) is 1. The van der Waals surface area contributed by atoms with E-state index in [9.17, 15) is 9.59 Å². The monoisotopic (exact) mass is 414 g/mol. The van der Waals surface area contributed by atoms with Crippen molar-refractivity contribution in [2.45, 2.75) is 65.1 Å². The number of nitrogens with one attached hydrogen (secondary N) is 1. The van der Waals surface area contributed by atoms with Crippen molar-refractivity contribution in [2.75, 3.05) is 0 Å². The molecule has 1 N–H and O–H groups in total. The van der Waals surface area contributed by atoms with Crippen molar-refractivity contribution >= 4 is 23.4 Å². The van der Waals surface area contributed by atoms with Gasteiger partial charge in [-0.15, -0.1) is 0 Å². The maximum atomic E-state index is 13.2. The first kappa shape index (κ1) is 23.0. The standard InChI is InChI=1S/C24H31ClN2O2/c1-5-21(23(29)26-24(2,3)4)27(17-18-11-7-6-8-12-18)22(28)16-15-19-13-9-10-14-20(19)25/h6-14,21H,5,15-17H2,1-4H3,(H,26,29). The van der Waals surface area contributed by atoms with Crippen LogP contribution in [0.25, 0.3) is 0 Å². The summed E-state index contributed by atoms with van der Waals surface area (Å²) < 4.78 is 0. The minimum atomic E-state index is -0.520. The number of hydrogen-bond acceptors (Lipinski definition) is 2. The van der Waals surface area contributed by atoms with Gasteiger partial charge in [0.1, 0.15) is 6.04 Å².